The molecule has 0 fully saturated rings. The molecular formula is C13H21N3. The van der Waals surface area contributed by atoms with Crippen LogP contribution >= 0.6 is 0 Å². The average Bonchev–Trinajstić information content (AvgIpc) is 2.25. The Kier molecular flexibility index (Phi) is 3.06. The van der Waals surface area contributed by atoms with E-state index in [0.29, 0.717) is 6.04 Å². The lowest BCUT2D eigenvalue weighted by molar-refractivity contribution is 0.567. The number of nitrogens with zero attached hydrogens (tertiary/aromatic N) is 2. The highest BCUT2D eigenvalue weighted by molar-refractivity contribution is 5.74. The van der Waals surface area contributed by atoms with E-state index in [1.54, 1.807) is 0 Å². The number of likely N-dealkylation sites (N-methyl/N-ethyl adjacent to an activating group) is 2. The van der Waals surface area contributed by atoms with Crippen LogP contribution in [0.25, 0.3) is 0 Å². The third-order valence-corrected chi connectivity index (χ3v) is 3.45. The van der Waals surface area contributed by atoms with E-state index in [1.807, 2.05) is 0 Å². The maximum absolute atomic E-state index is 5.67. The molecule has 0 aliphatic carbocycles. The van der Waals surface area contributed by atoms with Crippen molar-refractivity contribution in [1.82, 2.24) is 0 Å². The molecule has 16 heavy (non-hydrogen) atoms. The zero-order valence-corrected chi connectivity index (χ0v) is 10.4. The summed E-state index contributed by atoms with van der Waals surface area (Å²) in [7, 11) is 4.33. The van der Waals surface area contributed by atoms with Crippen LogP contribution in [0.5, 0.6) is 0 Å². The highest BCUT2D eigenvalue weighted by atomic mass is 15.3. The summed E-state index contributed by atoms with van der Waals surface area (Å²) in [4.78, 5) is 4.70. The van der Waals surface area contributed by atoms with Crippen molar-refractivity contribution in [3.63, 3.8) is 0 Å². The first-order chi connectivity index (χ1) is 7.63. The van der Waals surface area contributed by atoms with Gasteiger partial charge in [0.25, 0.3) is 0 Å². The zero-order chi connectivity index (χ0) is 11.7. The van der Waals surface area contributed by atoms with Gasteiger partial charge >= 0.3 is 0 Å². The molecule has 2 N–H and O–H groups in total. The molecule has 0 saturated carbocycles. The van der Waals surface area contributed by atoms with Crippen molar-refractivity contribution in [1.29, 1.82) is 0 Å². The van der Waals surface area contributed by atoms with Crippen molar-refractivity contribution in [2.24, 2.45) is 5.73 Å². The maximum Gasteiger partial charge on any atom is 0.0607 e. The lowest BCUT2D eigenvalue weighted by atomic mass is 10.0. The summed E-state index contributed by atoms with van der Waals surface area (Å²) in [5.74, 6) is 0. The highest BCUT2D eigenvalue weighted by Crippen LogP contribution is 2.34. The number of benzene rings is 1. The SMILES string of the molecule is Cc1ccc2c(c1)N(C)C(CCN)CN2C. The Morgan fingerprint density at radius 3 is 2.75 bits per heavy atom. The van der Waals surface area contributed by atoms with Gasteiger partial charge in [0.05, 0.1) is 11.4 Å². The Morgan fingerprint density at radius 2 is 2.06 bits per heavy atom. The summed E-state index contributed by atoms with van der Waals surface area (Å²) in [5.41, 5.74) is 9.63. The molecule has 88 valence electrons. The number of hydrogen-bond acceptors (Lipinski definition) is 3. The van der Waals surface area contributed by atoms with Gasteiger partial charge < -0.3 is 15.5 Å². The summed E-state index contributed by atoms with van der Waals surface area (Å²) in [5, 5.41) is 0. The fourth-order valence-corrected chi connectivity index (χ4v) is 2.45. The summed E-state index contributed by atoms with van der Waals surface area (Å²) < 4.78 is 0. The molecule has 0 aromatic heterocycles. The summed E-state index contributed by atoms with van der Waals surface area (Å²) in [6.45, 7) is 3.95. The normalized spacial score (nSPS) is 19.9. The van der Waals surface area contributed by atoms with E-state index >= 15 is 0 Å². The number of aryl methyl sites for hydroxylation is 1. The summed E-state index contributed by atoms with van der Waals surface area (Å²) in [6.07, 6.45) is 1.05. The first-order valence-electron chi connectivity index (χ1n) is 5.88. The molecule has 1 atom stereocenters. The monoisotopic (exact) mass is 219 g/mol. The Morgan fingerprint density at radius 1 is 1.31 bits per heavy atom. The Balaban J connectivity index is 2.36. The molecule has 2 rings (SSSR count). The van der Waals surface area contributed by atoms with E-state index in [2.05, 4.69) is 49.0 Å². The quantitative estimate of drug-likeness (QED) is 0.820. The average molecular weight is 219 g/mol. The molecule has 1 aliphatic rings. The lowest BCUT2D eigenvalue weighted by Gasteiger charge is -2.41. The van der Waals surface area contributed by atoms with Crippen LogP contribution in [-0.4, -0.2) is 33.2 Å². The van der Waals surface area contributed by atoms with Gasteiger partial charge in [0.15, 0.2) is 0 Å². The van der Waals surface area contributed by atoms with E-state index in [9.17, 15) is 0 Å². The molecule has 0 bridgehead atoms. The second kappa shape index (κ2) is 4.34. The van der Waals surface area contributed by atoms with Crippen molar-refractivity contribution >= 4 is 11.4 Å². The molecule has 0 amide bonds. The molecule has 1 unspecified atom stereocenters. The van der Waals surface area contributed by atoms with Crippen LogP contribution in [0.15, 0.2) is 18.2 Å². The van der Waals surface area contributed by atoms with Crippen LogP contribution in [0.1, 0.15) is 12.0 Å². The largest absolute Gasteiger partial charge is 0.371 e. The van der Waals surface area contributed by atoms with Crippen molar-refractivity contribution in [2.75, 3.05) is 37.0 Å². The molecule has 1 aliphatic heterocycles. The minimum Gasteiger partial charge on any atom is -0.371 e. The van der Waals surface area contributed by atoms with Crippen LogP contribution in [0, 0.1) is 6.92 Å². The van der Waals surface area contributed by atoms with E-state index in [1.165, 1.54) is 16.9 Å². The van der Waals surface area contributed by atoms with Gasteiger partial charge in [-0.15, -0.1) is 0 Å². The standard InChI is InChI=1S/C13H21N3/c1-10-4-5-12-13(8-10)16(3)11(6-7-14)9-15(12)2/h4-5,8,11H,6-7,9,14H2,1-3H3. The molecular weight excluding hydrogens is 198 g/mol. The molecule has 0 saturated heterocycles. The van der Waals surface area contributed by atoms with Gasteiger partial charge in [-0.05, 0) is 37.6 Å². The first-order valence-corrected chi connectivity index (χ1v) is 5.88. The van der Waals surface area contributed by atoms with E-state index < -0.39 is 0 Å². The first kappa shape index (κ1) is 11.3. The van der Waals surface area contributed by atoms with Crippen molar-refractivity contribution in [2.45, 2.75) is 19.4 Å². The fraction of sp³-hybridized carbons (Fsp3) is 0.538. The molecule has 1 aromatic carbocycles. The van der Waals surface area contributed by atoms with Crippen LogP contribution in [0.3, 0.4) is 0 Å². The maximum atomic E-state index is 5.67. The van der Waals surface area contributed by atoms with Gasteiger partial charge in [0.1, 0.15) is 0 Å². The van der Waals surface area contributed by atoms with Gasteiger partial charge in [-0.25, -0.2) is 0 Å². The molecule has 0 radical (unpaired) electrons. The zero-order valence-electron chi connectivity index (χ0n) is 10.4. The predicted octanol–water partition coefficient (Wildman–Crippen LogP) is 1.60. The Hall–Kier alpha value is -1.22. The lowest BCUT2D eigenvalue weighted by Crippen LogP contribution is -2.46. The van der Waals surface area contributed by atoms with Crippen molar-refractivity contribution in [3.8, 4) is 0 Å². The number of fused-ring (bicyclic) bond motifs is 1. The van der Waals surface area contributed by atoms with E-state index in [-0.39, 0.29) is 0 Å². The minimum absolute atomic E-state index is 0.532. The number of nitrogens with two attached hydrogens (primary N) is 1. The molecule has 3 heteroatoms. The number of anilines is 2. The Labute approximate surface area is 97.8 Å². The minimum atomic E-state index is 0.532. The Bertz CT molecular complexity index is 375. The van der Waals surface area contributed by atoms with Crippen molar-refractivity contribution in [3.05, 3.63) is 23.8 Å². The molecule has 1 aromatic rings. The van der Waals surface area contributed by atoms with Gasteiger partial charge in [-0.2, -0.15) is 0 Å². The molecule has 1 heterocycles. The third kappa shape index (κ3) is 1.87. The second-order valence-corrected chi connectivity index (χ2v) is 4.71. The smallest absolute Gasteiger partial charge is 0.0607 e. The van der Waals surface area contributed by atoms with Gasteiger partial charge in [0, 0.05) is 26.7 Å². The fourth-order valence-electron chi connectivity index (χ4n) is 2.45. The van der Waals surface area contributed by atoms with E-state index in [4.69, 9.17) is 5.73 Å². The third-order valence-electron chi connectivity index (χ3n) is 3.45. The summed E-state index contributed by atoms with van der Waals surface area (Å²) >= 11 is 0. The van der Waals surface area contributed by atoms with E-state index in [0.717, 1.165) is 19.5 Å². The second-order valence-electron chi connectivity index (χ2n) is 4.71. The van der Waals surface area contributed by atoms with Crippen LogP contribution in [-0.2, 0) is 0 Å². The van der Waals surface area contributed by atoms with Crippen LogP contribution in [0.4, 0.5) is 11.4 Å². The highest BCUT2D eigenvalue weighted by Gasteiger charge is 2.25. The van der Waals surface area contributed by atoms with Gasteiger partial charge in [0.2, 0.25) is 0 Å². The van der Waals surface area contributed by atoms with Crippen LogP contribution in [0.2, 0.25) is 0 Å². The predicted molar refractivity (Wildman–Crippen MR) is 70.3 cm³/mol. The van der Waals surface area contributed by atoms with Gasteiger partial charge in [-0.3, -0.25) is 0 Å². The van der Waals surface area contributed by atoms with Gasteiger partial charge in [-0.1, -0.05) is 6.07 Å². The molecule has 3 nitrogen and oxygen atoms in total. The molecule has 0 spiro atoms. The summed E-state index contributed by atoms with van der Waals surface area (Å²) in [6, 6.07) is 7.17. The number of rotatable bonds is 2. The van der Waals surface area contributed by atoms with Crippen molar-refractivity contribution < 1.29 is 0 Å². The van der Waals surface area contributed by atoms with Crippen LogP contribution < -0.4 is 15.5 Å². The topological polar surface area (TPSA) is 32.5 Å². The number of hydrogen-bond donors (Lipinski definition) is 1.